The summed E-state index contributed by atoms with van der Waals surface area (Å²) in [5.74, 6) is 1.03. The smallest absolute Gasteiger partial charge is 0.129 e. The molecule has 0 bridgehead atoms. The summed E-state index contributed by atoms with van der Waals surface area (Å²) < 4.78 is 0. The van der Waals surface area contributed by atoms with Gasteiger partial charge in [-0.3, -0.25) is 0 Å². The first-order valence-electron chi connectivity index (χ1n) is 5.84. The molecule has 0 N–H and O–H groups in total. The highest BCUT2D eigenvalue weighted by molar-refractivity contribution is 5.75. The van der Waals surface area contributed by atoms with Crippen LogP contribution < -0.4 is 0 Å². The quantitative estimate of drug-likeness (QED) is 0.730. The molecule has 0 aromatic heterocycles. The Morgan fingerprint density at radius 3 is 3.00 bits per heavy atom. The summed E-state index contributed by atoms with van der Waals surface area (Å²) in [5.41, 5.74) is 3.05. The second-order valence-corrected chi connectivity index (χ2v) is 4.53. The van der Waals surface area contributed by atoms with Gasteiger partial charge < -0.3 is 4.79 Å². The van der Waals surface area contributed by atoms with Crippen LogP contribution in [-0.2, 0) is 11.2 Å². The van der Waals surface area contributed by atoms with Crippen molar-refractivity contribution in [3.63, 3.8) is 0 Å². The molecule has 1 atom stereocenters. The van der Waals surface area contributed by atoms with Gasteiger partial charge in [0.2, 0.25) is 0 Å². The van der Waals surface area contributed by atoms with Crippen molar-refractivity contribution in [2.24, 2.45) is 0 Å². The average molecular weight is 202 g/mol. The Bertz CT molecular complexity index is 354. The molecular weight excluding hydrogens is 184 g/mol. The maximum Gasteiger partial charge on any atom is 0.129 e. The van der Waals surface area contributed by atoms with Gasteiger partial charge in [-0.1, -0.05) is 24.3 Å². The number of fused-ring (bicyclic) bond motifs is 1. The van der Waals surface area contributed by atoms with E-state index in [0.29, 0.717) is 11.7 Å². The summed E-state index contributed by atoms with van der Waals surface area (Å²) in [4.78, 5) is 10.9. The minimum Gasteiger partial charge on any atom is -0.300 e. The van der Waals surface area contributed by atoms with Crippen molar-refractivity contribution in [3.8, 4) is 0 Å². The minimum absolute atomic E-state index is 0.321. The largest absolute Gasteiger partial charge is 0.300 e. The van der Waals surface area contributed by atoms with E-state index >= 15 is 0 Å². The van der Waals surface area contributed by atoms with Gasteiger partial charge in [0.1, 0.15) is 5.78 Å². The zero-order valence-corrected chi connectivity index (χ0v) is 9.33. The van der Waals surface area contributed by atoms with E-state index in [4.69, 9.17) is 0 Å². The third-order valence-electron chi connectivity index (χ3n) is 3.34. The summed E-state index contributed by atoms with van der Waals surface area (Å²) in [5, 5.41) is 0. The molecule has 1 aromatic rings. The van der Waals surface area contributed by atoms with Crippen LogP contribution in [0.15, 0.2) is 24.3 Å². The molecule has 1 unspecified atom stereocenters. The van der Waals surface area contributed by atoms with Crippen molar-refractivity contribution in [1.82, 2.24) is 0 Å². The van der Waals surface area contributed by atoms with E-state index in [9.17, 15) is 4.79 Å². The van der Waals surface area contributed by atoms with Gasteiger partial charge in [0.05, 0.1) is 0 Å². The van der Waals surface area contributed by atoms with Crippen LogP contribution in [-0.4, -0.2) is 5.78 Å². The molecule has 0 aliphatic heterocycles. The van der Waals surface area contributed by atoms with Crippen molar-refractivity contribution < 1.29 is 4.79 Å². The lowest BCUT2D eigenvalue weighted by Gasteiger charge is -2.10. The van der Waals surface area contributed by atoms with Crippen LogP contribution in [0.4, 0.5) is 0 Å². The fourth-order valence-electron chi connectivity index (χ4n) is 2.54. The fourth-order valence-corrected chi connectivity index (χ4v) is 2.54. The van der Waals surface area contributed by atoms with E-state index in [0.717, 1.165) is 12.8 Å². The number of ketones is 1. The maximum atomic E-state index is 10.9. The summed E-state index contributed by atoms with van der Waals surface area (Å²) >= 11 is 0. The molecule has 0 fully saturated rings. The minimum atomic E-state index is 0.321. The number of Topliss-reactive ketones (excluding diaryl/α,β-unsaturated/α-hetero) is 1. The van der Waals surface area contributed by atoms with Crippen molar-refractivity contribution in [2.45, 2.75) is 44.9 Å². The highest BCUT2D eigenvalue weighted by Crippen LogP contribution is 2.36. The zero-order valence-electron chi connectivity index (χ0n) is 9.33. The molecule has 1 aliphatic rings. The van der Waals surface area contributed by atoms with Gasteiger partial charge in [-0.05, 0) is 49.7 Å². The second-order valence-electron chi connectivity index (χ2n) is 4.53. The topological polar surface area (TPSA) is 17.1 Å². The molecule has 0 saturated heterocycles. The van der Waals surface area contributed by atoms with E-state index < -0.39 is 0 Å². The number of benzene rings is 1. The summed E-state index contributed by atoms with van der Waals surface area (Å²) in [6, 6.07) is 8.74. The second kappa shape index (κ2) is 4.61. The lowest BCUT2D eigenvalue weighted by Crippen LogP contribution is -1.96. The highest BCUT2D eigenvalue weighted by Gasteiger charge is 2.21. The molecular formula is C14H18O. The van der Waals surface area contributed by atoms with Crippen molar-refractivity contribution in [2.75, 3.05) is 0 Å². The molecule has 1 heteroatoms. The first-order chi connectivity index (χ1) is 7.27. The van der Waals surface area contributed by atoms with E-state index in [-0.39, 0.29) is 0 Å². The molecule has 0 saturated carbocycles. The van der Waals surface area contributed by atoms with E-state index in [1.165, 1.54) is 30.4 Å². The molecule has 15 heavy (non-hydrogen) atoms. The SMILES string of the molecule is CC(=O)CCCC1CCc2ccccc21. The molecule has 1 nitrogen and oxygen atoms in total. The van der Waals surface area contributed by atoms with Crippen LogP contribution >= 0.6 is 0 Å². The first kappa shape index (κ1) is 10.4. The molecule has 0 heterocycles. The predicted octanol–water partition coefficient (Wildman–Crippen LogP) is 3.48. The summed E-state index contributed by atoms with van der Waals surface area (Å²) in [6.07, 6.45) is 5.47. The summed E-state index contributed by atoms with van der Waals surface area (Å²) in [6.45, 7) is 1.68. The molecule has 2 rings (SSSR count). The van der Waals surface area contributed by atoms with Gasteiger partial charge in [-0.15, -0.1) is 0 Å². The highest BCUT2D eigenvalue weighted by atomic mass is 16.1. The van der Waals surface area contributed by atoms with Crippen LogP contribution in [0.25, 0.3) is 0 Å². The van der Waals surface area contributed by atoms with Crippen molar-refractivity contribution in [1.29, 1.82) is 0 Å². The molecule has 0 spiro atoms. The maximum absolute atomic E-state index is 10.9. The molecule has 1 aliphatic carbocycles. The summed E-state index contributed by atoms with van der Waals surface area (Å²) in [7, 11) is 0. The number of hydrogen-bond acceptors (Lipinski definition) is 1. The van der Waals surface area contributed by atoms with E-state index in [1.54, 1.807) is 6.92 Å². The van der Waals surface area contributed by atoms with Gasteiger partial charge in [-0.2, -0.15) is 0 Å². The van der Waals surface area contributed by atoms with Gasteiger partial charge in [-0.25, -0.2) is 0 Å². The molecule has 0 radical (unpaired) electrons. The number of carbonyl (C=O) groups excluding carboxylic acids is 1. The van der Waals surface area contributed by atoms with Gasteiger partial charge in [0.15, 0.2) is 0 Å². The Balaban J connectivity index is 1.93. The van der Waals surface area contributed by atoms with Crippen LogP contribution in [0.2, 0.25) is 0 Å². The standard InChI is InChI=1S/C14H18O/c1-11(15)5-4-7-13-10-9-12-6-2-3-8-14(12)13/h2-3,6,8,13H,4-5,7,9-10H2,1H3. The van der Waals surface area contributed by atoms with Crippen LogP contribution in [0, 0.1) is 0 Å². The predicted molar refractivity (Wildman–Crippen MR) is 62.0 cm³/mol. The van der Waals surface area contributed by atoms with Gasteiger partial charge in [0.25, 0.3) is 0 Å². The van der Waals surface area contributed by atoms with Gasteiger partial charge >= 0.3 is 0 Å². The average Bonchev–Trinajstić information content (AvgIpc) is 2.62. The Labute approximate surface area is 91.5 Å². The Morgan fingerprint density at radius 2 is 2.20 bits per heavy atom. The Hall–Kier alpha value is -1.11. The number of rotatable bonds is 4. The normalized spacial score (nSPS) is 18.9. The lowest BCUT2D eigenvalue weighted by atomic mass is 9.95. The van der Waals surface area contributed by atoms with E-state index in [2.05, 4.69) is 24.3 Å². The molecule has 1 aromatic carbocycles. The molecule has 80 valence electrons. The lowest BCUT2D eigenvalue weighted by molar-refractivity contribution is -0.117. The van der Waals surface area contributed by atoms with Crippen LogP contribution in [0.1, 0.15) is 49.7 Å². The van der Waals surface area contributed by atoms with Crippen LogP contribution in [0.3, 0.4) is 0 Å². The number of hydrogen-bond donors (Lipinski definition) is 0. The number of aryl methyl sites for hydroxylation is 1. The van der Waals surface area contributed by atoms with Crippen LogP contribution in [0.5, 0.6) is 0 Å². The number of carbonyl (C=O) groups is 1. The zero-order chi connectivity index (χ0) is 10.7. The van der Waals surface area contributed by atoms with E-state index in [1.807, 2.05) is 0 Å². The van der Waals surface area contributed by atoms with Crippen molar-refractivity contribution in [3.05, 3.63) is 35.4 Å². The Kier molecular flexibility index (Phi) is 3.20. The van der Waals surface area contributed by atoms with Crippen molar-refractivity contribution >= 4 is 5.78 Å². The molecule has 0 amide bonds. The first-order valence-corrected chi connectivity index (χ1v) is 5.84. The fraction of sp³-hybridized carbons (Fsp3) is 0.500. The third kappa shape index (κ3) is 2.47. The third-order valence-corrected chi connectivity index (χ3v) is 3.34. The Morgan fingerprint density at radius 1 is 1.40 bits per heavy atom. The van der Waals surface area contributed by atoms with Gasteiger partial charge in [0, 0.05) is 6.42 Å². The monoisotopic (exact) mass is 202 g/mol.